The van der Waals surface area contributed by atoms with Gasteiger partial charge in [-0.15, -0.1) is 0 Å². The fourth-order valence-corrected chi connectivity index (χ4v) is 1.40. The van der Waals surface area contributed by atoms with E-state index in [1.54, 1.807) is 6.92 Å². The number of aliphatic hydroxyl groups excluding tert-OH is 2. The van der Waals surface area contributed by atoms with Gasteiger partial charge in [0.15, 0.2) is 0 Å². The molecule has 0 spiro atoms. The van der Waals surface area contributed by atoms with Gasteiger partial charge in [0.05, 0.1) is 6.10 Å². The molecule has 0 saturated heterocycles. The Labute approximate surface area is 95.7 Å². The molecular formula is C13H30O2. The molecule has 1 unspecified atom stereocenters. The largest absolute Gasteiger partial charge is 0.397 e. The van der Waals surface area contributed by atoms with E-state index in [9.17, 15) is 0 Å². The SMILES string of the molecule is CCCCCCCCCC(C)O.CCO. The van der Waals surface area contributed by atoms with Crippen molar-refractivity contribution in [3.05, 3.63) is 0 Å². The van der Waals surface area contributed by atoms with Gasteiger partial charge in [-0.05, 0) is 20.3 Å². The Hall–Kier alpha value is -0.0800. The van der Waals surface area contributed by atoms with Crippen molar-refractivity contribution in [1.29, 1.82) is 0 Å². The van der Waals surface area contributed by atoms with Gasteiger partial charge in [0.2, 0.25) is 0 Å². The number of rotatable bonds is 8. The minimum atomic E-state index is -0.0966. The summed E-state index contributed by atoms with van der Waals surface area (Å²) in [5.74, 6) is 0. The predicted octanol–water partition coefficient (Wildman–Crippen LogP) is 3.51. The molecule has 2 N–H and O–H groups in total. The van der Waals surface area contributed by atoms with E-state index in [-0.39, 0.29) is 12.7 Å². The number of unbranched alkanes of at least 4 members (excludes halogenated alkanes) is 6. The molecule has 0 aromatic carbocycles. The van der Waals surface area contributed by atoms with Gasteiger partial charge in [0.1, 0.15) is 0 Å². The van der Waals surface area contributed by atoms with Gasteiger partial charge in [-0.3, -0.25) is 0 Å². The number of hydrogen-bond acceptors (Lipinski definition) is 2. The summed E-state index contributed by atoms with van der Waals surface area (Å²) >= 11 is 0. The zero-order valence-corrected chi connectivity index (χ0v) is 10.8. The minimum absolute atomic E-state index is 0.0966. The average molecular weight is 218 g/mol. The van der Waals surface area contributed by atoms with E-state index >= 15 is 0 Å². The molecule has 0 radical (unpaired) electrons. The van der Waals surface area contributed by atoms with Crippen LogP contribution in [-0.2, 0) is 0 Å². The van der Waals surface area contributed by atoms with Crippen molar-refractivity contribution in [3.63, 3.8) is 0 Å². The van der Waals surface area contributed by atoms with Crippen LogP contribution < -0.4 is 0 Å². The summed E-state index contributed by atoms with van der Waals surface area (Å²) in [6, 6.07) is 0. The molecule has 0 fully saturated rings. The fraction of sp³-hybridized carbons (Fsp3) is 1.00. The van der Waals surface area contributed by atoms with Crippen molar-refractivity contribution in [1.82, 2.24) is 0 Å². The zero-order chi connectivity index (χ0) is 11.9. The number of hydrogen-bond donors (Lipinski definition) is 2. The third-order valence-corrected chi connectivity index (χ3v) is 2.23. The summed E-state index contributed by atoms with van der Waals surface area (Å²) in [6.45, 7) is 6.05. The highest BCUT2D eigenvalue weighted by Crippen LogP contribution is 2.09. The third kappa shape index (κ3) is 24.9. The van der Waals surface area contributed by atoms with Crippen LogP contribution in [0.2, 0.25) is 0 Å². The zero-order valence-electron chi connectivity index (χ0n) is 10.8. The highest BCUT2D eigenvalue weighted by molar-refractivity contribution is 4.49. The molecule has 0 aromatic heterocycles. The van der Waals surface area contributed by atoms with Gasteiger partial charge in [-0.2, -0.15) is 0 Å². The smallest absolute Gasteiger partial charge is 0.0512 e. The van der Waals surface area contributed by atoms with Crippen molar-refractivity contribution in [2.45, 2.75) is 78.2 Å². The first kappa shape index (κ1) is 17.3. The normalized spacial score (nSPS) is 11.8. The Morgan fingerprint density at radius 1 is 0.867 bits per heavy atom. The Morgan fingerprint density at radius 3 is 1.67 bits per heavy atom. The summed E-state index contributed by atoms with van der Waals surface area (Å²) in [5, 5.41) is 16.6. The van der Waals surface area contributed by atoms with Crippen LogP contribution in [0.3, 0.4) is 0 Å². The lowest BCUT2D eigenvalue weighted by Crippen LogP contribution is -1.98. The van der Waals surface area contributed by atoms with Gasteiger partial charge < -0.3 is 10.2 Å². The molecule has 2 heteroatoms. The van der Waals surface area contributed by atoms with E-state index in [0.29, 0.717) is 0 Å². The monoisotopic (exact) mass is 218 g/mol. The lowest BCUT2D eigenvalue weighted by Gasteiger charge is -2.03. The lowest BCUT2D eigenvalue weighted by atomic mass is 10.1. The summed E-state index contributed by atoms with van der Waals surface area (Å²) in [5.41, 5.74) is 0. The maximum Gasteiger partial charge on any atom is 0.0512 e. The van der Waals surface area contributed by atoms with E-state index in [1.165, 1.54) is 44.9 Å². The molecule has 0 aliphatic heterocycles. The molecule has 0 amide bonds. The van der Waals surface area contributed by atoms with Crippen molar-refractivity contribution in [3.8, 4) is 0 Å². The molecule has 0 bridgehead atoms. The molecule has 0 aliphatic carbocycles. The highest BCUT2D eigenvalue weighted by atomic mass is 16.3. The molecule has 2 nitrogen and oxygen atoms in total. The Balaban J connectivity index is 0. The van der Waals surface area contributed by atoms with Crippen LogP contribution in [-0.4, -0.2) is 22.9 Å². The van der Waals surface area contributed by atoms with Crippen molar-refractivity contribution >= 4 is 0 Å². The molecule has 94 valence electrons. The van der Waals surface area contributed by atoms with Crippen LogP contribution in [0, 0.1) is 0 Å². The standard InChI is InChI=1S/C11H24O.C2H6O/c1-3-4-5-6-7-8-9-10-11(2)12;1-2-3/h11-12H,3-10H2,1-2H3;3H,2H2,1H3. The van der Waals surface area contributed by atoms with E-state index in [4.69, 9.17) is 10.2 Å². The second-order valence-electron chi connectivity index (χ2n) is 4.08. The van der Waals surface area contributed by atoms with E-state index in [1.807, 2.05) is 6.92 Å². The van der Waals surface area contributed by atoms with Crippen LogP contribution in [0.1, 0.15) is 72.1 Å². The Bertz CT molecular complexity index is 92.5. The van der Waals surface area contributed by atoms with Gasteiger partial charge in [0.25, 0.3) is 0 Å². The molecule has 0 saturated carbocycles. The fourth-order valence-electron chi connectivity index (χ4n) is 1.40. The van der Waals surface area contributed by atoms with Gasteiger partial charge in [0, 0.05) is 6.61 Å². The van der Waals surface area contributed by atoms with Crippen LogP contribution in [0.5, 0.6) is 0 Å². The average Bonchev–Trinajstić information content (AvgIpc) is 2.17. The minimum Gasteiger partial charge on any atom is -0.397 e. The van der Waals surface area contributed by atoms with Crippen molar-refractivity contribution < 1.29 is 10.2 Å². The van der Waals surface area contributed by atoms with E-state index in [0.717, 1.165) is 6.42 Å². The quantitative estimate of drug-likeness (QED) is 0.612. The molecule has 0 aliphatic rings. The molecule has 15 heavy (non-hydrogen) atoms. The van der Waals surface area contributed by atoms with E-state index < -0.39 is 0 Å². The Kier molecular flexibility index (Phi) is 18.9. The summed E-state index contributed by atoms with van der Waals surface area (Å²) in [4.78, 5) is 0. The van der Waals surface area contributed by atoms with Crippen LogP contribution in [0.15, 0.2) is 0 Å². The van der Waals surface area contributed by atoms with Crippen LogP contribution >= 0.6 is 0 Å². The summed E-state index contributed by atoms with van der Waals surface area (Å²) < 4.78 is 0. The predicted molar refractivity (Wildman–Crippen MR) is 67.1 cm³/mol. The first-order chi connectivity index (χ1) is 7.18. The summed E-state index contributed by atoms with van der Waals surface area (Å²) in [6.07, 6.45) is 10.2. The second kappa shape index (κ2) is 16.4. The Morgan fingerprint density at radius 2 is 1.27 bits per heavy atom. The first-order valence-electron chi connectivity index (χ1n) is 6.47. The maximum absolute atomic E-state index is 8.99. The van der Waals surface area contributed by atoms with Crippen molar-refractivity contribution in [2.24, 2.45) is 0 Å². The lowest BCUT2D eigenvalue weighted by molar-refractivity contribution is 0.180. The van der Waals surface area contributed by atoms with Gasteiger partial charge in [-0.1, -0.05) is 51.9 Å². The summed E-state index contributed by atoms with van der Waals surface area (Å²) in [7, 11) is 0. The van der Waals surface area contributed by atoms with Crippen molar-refractivity contribution in [2.75, 3.05) is 6.61 Å². The van der Waals surface area contributed by atoms with E-state index in [2.05, 4.69) is 6.92 Å². The van der Waals surface area contributed by atoms with Gasteiger partial charge >= 0.3 is 0 Å². The third-order valence-electron chi connectivity index (χ3n) is 2.23. The number of aliphatic hydroxyl groups is 2. The molecule has 0 heterocycles. The highest BCUT2D eigenvalue weighted by Gasteiger charge is 1.94. The molecular weight excluding hydrogens is 188 g/mol. The van der Waals surface area contributed by atoms with Crippen LogP contribution in [0.25, 0.3) is 0 Å². The molecule has 0 rings (SSSR count). The van der Waals surface area contributed by atoms with Gasteiger partial charge in [-0.25, -0.2) is 0 Å². The second-order valence-corrected chi connectivity index (χ2v) is 4.08. The maximum atomic E-state index is 8.99. The molecule has 0 aromatic rings. The molecule has 1 atom stereocenters. The van der Waals surface area contributed by atoms with Crippen LogP contribution in [0.4, 0.5) is 0 Å². The topological polar surface area (TPSA) is 40.5 Å². The first-order valence-corrected chi connectivity index (χ1v) is 6.47.